The van der Waals surface area contributed by atoms with Crippen LogP contribution in [0.15, 0.2) is 0 Å². The van der Waals surface area contributed by atoms with Crippen LogP contribution in [0.25, 0.3) is 0 Å². The number of hydrogen-bond donors (Lipinski definition) is 2. The van der Waals surface area contributed by atoms with Crippen molar-refractivity contribution in [3.05, 3.63) is 0 Å². The van der Waals surface area contributed by atoms with Gasteiger partial charge < -0.3 is 19.7 Å². The summed E-state index contributed by atoms with van der Waals surface area (Å²) in [5.74, 6) is -0.797. The number of methoxy groups -OCH3 is 1. The van der Waals surface area contributed by atoms with E-state index in [2.05, 4.69) is 0 Å². The highest BCUT2D eigenvalue weighted by atomic mass is 16.5. The summed E-state index contributed by atoms with van der Waals surface area (Å²) in [7, 11) is 1.59. The number of aliphatic carboxylic acids is 1. The lowest BCUT2D eigenvalue weighted by Gasteiger charge is -2.28. The van der Waals surface area contributed by atoms with Crippen molar-refractivity contribution >= 4 is 5.97 Å². The third kappa shape index (κ3) is 6.33. The molecule has 19 heavy (non-hydrogen) atoms. The van der Waals surface area contributed by atoms with E-state index in [1.165, 1.54) is 0 Å². The number of hydrogen-bond acceptors (Lipinski definition) is 5. The summed E-state index contributed by atoms with van der Waals surface area (Å²) in [5.41, 5.74) is 0. The first-order valence-corrected chi connectivity index (χ1v) is 6.86. The molecule has 6 nitrogen and oxygen atoms in total. The van der Waals surface area contributed by atoms with Crippen molar-refractivity contribution in [2.24, 2.45) is 0 Å². The maximum atomic E-state index is 11.2. The minimum Gasteiger partial charge on any atom is -0.480 e. The van der Waals surface area contributed by atoms with Crippen molar-refractivity contribution in [3.63, 3.8) is 0 Å². The number of aliphatic hydroxyl groups is 1. The van der Waals surface area contributed by atoms with Crippen LogP contribution in [0.4, 0.5) is 0 Å². The van der Waals surface area contributed by atoms with Crippen molar-refractivity contribution in [1.29, 1.82) is 0 Å². The van der Waals surface area contributed by atoms with Crippen molar-refractivity contribution in [2.45, 2.75) is 37.8 Å². The van der Waals surface area contributed by atoms with E-state index >= 15 is 0 Å². The van der Waals surface area contributed by atoms with Crippen LogP contribution in [0.3, 0.4) is 0 Å². The molecular weight excluding hydrogens is 250 g/mol. The molecule has 0 aromatic rings. The van der Waals surface area contributed by atoms with Crippen molar-refractivity contribution in [2.75, 3.05) is 40.0 Å². The Bertz CT molecular complexity index is 261. The number of nitrogens with zero attached hydrogens (tertiary/aromatic N) is 1. The number of β-amino-alcohol motifs (C(OH)–C–C–N with tert-alkyl or cyclic N) is 1. The smallest absolute Gasteiger partial charge is 0.320 e. The molecule has 2 atom stereocenters. The molecule has 0 radical (unpaired) electrons. The van der Waals surface area contributed by atoms with Crippen LogP contribution in [-0.2, 0) is 14.3 Å². The molecule has 1 aliphatic rings. The Hall–Kier alpha value is -0.690. The van der Waals surface area contributed by atoms with Gasteiger partial charge in [-0.1, -0.05) is 12.8 Å². The molecule has 0 aromatic heterocycles. The van der Waals surface area contributed by atoms with Crippen LogP contribution in [0.5, 0.6) is 0 Å². The van der Waals surface area contributed by atoms with E-state index in [-0.39, 0.29) is 6.61 Å². The standard InChI is InChI=1S/C13H25NO5/c1-18-7-8-19-10-11(15)9-14-6-4-2-3-5-12(14)13(16)17/h11-12,15H,2-10H2,1H3,(H,16,17). The van der Waals surface area contributed by atoms with Gasteiger partial charge in [-0.25, -0.2) is 0 Å². The second-order valence-electron chi connectivity index (χ2n) is 4.92. The highest BCUT2D eigenvalue weighted by Gasteiger charge is 2.28. The summed E-state index contributed by atoms with van der Waals surface area (Å²) < 4.78 is 10.1. The fourth-order valence-corrected chi connectivity index (χ4v) is 2.35. The molecule has 1 rings (SSSR count). The number of carboxylic acid groups (broad SMARTS) is 1. The van der Waals surface area contributed by atoms with Crippen LogP contribution in [0.1, 0.15) is 25.7 Å². The molecule has 1 saturated heterocycles. The van der Waals surface area contributed by atoms with E-state index in [1.807, 2.05) is 4.90 Å². The first kappa shape index (κ1) is 16.4. The quantitative estimate of drug-likeness (QED) is 0.622. The van der Waals surface area contributed by atoms with Crippen molar-refractivity contribution < 1.29 is 24.5 Å². The Balaban J connectivity index is 2.35. The third-order valence-electron chi connectivity index (χ3n) is 3.34. The molecule has 1 heterocycles. The van der Waals surface area contributed by atoms with Crippen LogP contribution >= 0.6 is 0 Å². The highest BCUT2D eigenvalue weighted by Crippen LogP contribution is 2.17. The van der Waals surface area contributed by atoms with Gasteiger partial charge in [-0.3, -0.25) is 9.69 Å². The summed E-state index contributed by atoms with van der Waals surface area (Å²) in [6.07, 6.45) is 2.99. The fraction of sp³-hybridized carbons (Fsp3) is 0.923. The van der Waals surface area contributed by atoms with Gasteiger partial charge in [0.25, 0.3) is 0 Å². The lowest BCUT2D eigenvalue weighted by Crippen LogP contribution is -2.45. The molecule has 1 aliphatic heterocycles. The van der Waals surface area contributed by atoms with Gasteiger partial charge in [-0.05, 0) is 19.4 Å². The topological polar surface area (TPSA) is 79.2 Å². The maximum Gasteiger partial charge on any atom is 0.320 e. The Morgan fingerprint density at radius 1 is 1.37 bits per heavy atom. The van der Waals surface area contributed by atoms with Gasteiger partial charge in [0.15, 0.2) is 0 Å². The molecule has 2 N–H and O–H groups in total. The highest BCUT2D eigenvalue weighted by molar-refractivity contribution is 5.73. The van der Waals surface area contributed by atoms with Crippen molar-refractivity contribution in [3.8, 4) is 0 Å². The normalized spacial score (nSPS) is 22.9. The minimum absolute atomic E-state index is 0.214. The molecular formula is C13H25NO5. The molecule has 0 amide bonds. The first-order chi connectivity index (χ1) is 9.15. The summed E-state index contributed by atoms with van der Waals surface area (Å²) in [5, 5.41) is 19.1. The molecule has 0 aliphatic carbocycles. The monoisotopic (exact) mass is 275 g/mol. The number of likely N-dealkylation sites (tertiary alicyclic amines) is 1. The average Bonchev–Trinajstić information content (AvgIpc) is 2.60. The third-order valence-corrected chi connectivity index (χ3v) is 3.34. The fourth-order valence-electron chi connectivity index (χ4n) is 2.35. The van der Waals surface area contributed by atoms with Crippen LogP contribution in [-0.4, -0.2) is 73.2 Å². The Labute approximate surface area is 114 Å². The van der Waals surface area contributed by atoms with E-state index in [4.69, 9.17) is 9.47 Å². The second-order valence-corrected chi connectivity index (χ2v) is 4.92. The first-order valence-electron chi connectivity index (χ1n) is 6.86. The maximum absolute atomic E-state index is 11.2. The number of carbonyl (C=O) groups is 1. The molecule has 0 aromatic carbocycles. The van der Waals surface area contributed by atoms with Gasteiger partial charge in [0.05, 0.1) is 25.9 Å². The van der Waals surface area contributed by atoms with Crippen molar-refractivity contribution in [1.82, 2.24) is 4.90 Å². The molecule has 2 unspecified atom stereocenters. The zero-order valence-corrected chi connectivity index (χ0v) is 11.6. The molecule has 6 heteroatoms. The Morgan fingerprint density at radius 2 is 2.16 bits per heavy atom. The number of ether oxygens (including phenoxy) is 2. The lowest BCUT2D eigenvalue weighted by atomic mass is 10.1. The van der Waals surface area contributed by atoms with Gasteiger partial charge in [0, 0.05) is 13.7 Å². The largest absolute Gasteiger partial charge is 0.480 e. The minimum atomic E-state index is -0.797. The van der Waals surface area contributed by atoms with E-state index in [0.29, 0.717) is 26.2 Å². The van der Waals surface area contributed by atoms with Crippen LogP contribution in [0.2, 0.25) is 0 Å². The average molecular weight is 275 g/mol. The van der Waals surface area contributed by atoms with E-state index in [0.717, 1.165) is 25.8 Å². The number of carboxylic acids is 1. The summed E-state index contributed by atoms with van der Waals surface area (Å²) in [6.45, 7) is 2.23. The molecule has 1 fully saturated rings. The Kier molecular flexibility index (Phi) is 7.97. The van der Waals surface area contributed by atoms with Gasteiger partial charge in [-0.15, -0.1) is 0 Å². The zero-order valence-electron chi connectivity index (χ0n) is 11.6. The van der Waals surface area contributed by atoms with Gasteiger partial charge in [0.2, 0.25) is 0 Å². The Morgan fingerprint density at radius 3 is 2.84 bits per heavy atom. The predicted molar refractivity (Wildman–Crippen MR) is 70.2 cm³/mol. The molecule has 0 saturated carbocycles. The summed E-state index contributed by atoms with van der Waals surface area (Å²) in [4.78, 5) is 13.1. The van der Waals surface area contributed by atoms with Crippen LogP contribution in [0, 0.1) is 0 Å². The van der Waals surface area contributed by atoms with Gasteiger partial charge in [-0.2, -0.15) is 0 Å². The van der Waals surface area contributed by atoms with E-state index in [1.54, 1.807) is 7.11 Å². The zero-order chi connectivity index (χ0) is 14.1. The SMILES string of the molecule is COCCOCC(O)CN1CCCCCC1C(=O)O. The molecule has 0 bridgehead atoms. The number of aliphatic hydroxyl groups excluding tert-OH is 1. The van der Waals surface area contributed by atoms with E-state index in [9.17, 15) is 15.0 Å². The summed E-state index contributed by atoms with van der Waals surface area (Å²) in [6, 6.07) is -0.476. The predicted octanol–water partition coefficient (Wildman–Crippen LogP) is 0.340. The summed E-state index contributed by atoms with van der Waals surface area (Å²) >= 11 is 0. The number of rotatable bonds is 8. The second kappa shape index (κ2) is 9.25. The van der Waals surface area contributed by atoms with Crippen LogP contribution < -0.4 is 0 Å². The molecule has 112 valence electrons. The van der Waals surface area contributed by atoms with E-state index < -0.39 is 18.1 Å². The van der Waals surface area contributed by atoms with Gasteiger partial charge >= 0.3 is 5.97 Å². The molecule has 0 spiro atoms. The van der Waals surface area contributed by atoms with Gasteiger partial charge in [0.1, 0.15) is 6.04 Å². The lowest BCUT2D eigenvalue weighted by molar-refractivity contribution is -0.144.